The maximum atomic E-state index is 12.2. The van der Waals surface area contributed by atoms with Gasteiger partial charge in [-0.05, 0) is 48.9 Å². The number of carbonyl (C=O) groups is 2. The molecule has 1 amide bonds. The van der Waals surface area contributed by atoms with Crippen molar-refractivity contribution in [2.45, 2.75) is 26.2 Å². The van der Waals surface area contributed by atoms with Gasteiger partial charge in [-0.2, -0.15) is 0 Å². The molecule has 2 aromatic rings. The summed E-state index contributed by atoms with van der Waals surface area (Å²) in [5, 5.41) is 2.67. The summed E-state index contributed by atoms with van der Waals surface area (Å²) in [5.41, 5.74) is 1.24. The quantitative estimate of drug-likeness (QED) is 0.541. The summed E-state index contributed by atoms with van der Waals surface area (Å²) in [5.74, 6) is 1.10. The summed E-state index contributed by atoms with van der Waals surface area (Å²) in [6, 6.07) is 9.21. The van der Waals surface area contributed by atoms with Crippen LogP contribution in [0.15, 0.2) is 30.3 Å². The largest absolute Gasteiger partial charge is 0.493 e. The van der Waals surface area contributed by atoms with E-state index in [1.165, 1.54) is 21.8 Å². The standard InChI is InChI=1S/C21H25NO5S/c1-14-7-8-18-15(11-14)12-19(28-18)21(24)27-13-20(23)22-9-10-26-17-6-4-3-5-16(17)25-2/h3-6,12,14H,7-11,13H2,1-2H3,(H,22,23)/t14-/m1/s1. The van der Waals surface area contributed by atoms with E-state index in [9.17, 15) is 9.59 Å². The number of aryl methyl sites for hydroxylation is 1. The predicted octanol–water partition coefficient (Wildman–Crippen LogP) is 3.23. The molecule has 3 rings (SSSR count). The van der Waals surface area contributed by atoms with Crippen LogP contribution in [0.3, 0.4) is 0 Å². The van der Waals surface area contributed by atoms with E-state index in [0.717, 1.165) is 19.3 Å². The van der Waals surface area contributed by atoms with Crippen molar-refractivity contribution in [3.8, 4) is 11.5 Å². The Kier molecular flexibility index (Phi) is 6.92. The van der Waals surface area contributed by atoms with Gasteiger partial charge in [-0.3, -0.25) is 4.79 Å². The number of fused-ring (bicyclic) bond motifs is 1. The van der Waals surface area contributed by atoms with E-state index < -0.39 is 5.97 Å². The molecule has 0 fully saturated rings. The second-order valence-electron chi connectivity index (χ2n) is 6.83. The van der Waals surface area contributed by atoms with Crippen molar-refractivity contribution >= 4 is 23.2 Å². The molecule has 1 heterocycles. The Hall–Kier alpha value is -2.54. The molecule has 1 aliphatic carbocycles. The molecule has 0 saturated carbocycles. The van der Waals surface area contributed by atoms with Crippen molar-refractivity contribution in [2.75, 3.05) is 26.9 Å². The number of amides is 1. The number of esters is 1. The van der Waals surface area contributed by atoms with Gasteiger partial charge < -0.3 is 19.5 Å². The van der Waals surface area contributed by atoms with Gasteiger partial charge in [0.05, 0.1) is 13.7 Å². The topological polar surface area (TPSA) is 73.9 Å². The number of thiophene rings is 1. The fraction of sp³-hybridized carbons (Fsp3) is 0.429. The number of hydrogen-bond donors (Lipinski definition) is 1. The summed E-state index contributed by atoms with van der Waals surface area (Å²) in [4.78, 5) is 25.9. The Labute approximate surface area is 168 Å². The molecule has 1 aliphatic rings. The summed E-state index contributed by atoms with van der Waals surface area (Å²) < 4.78 is 15.9. The van der Waals surface area contributed by atoms with Crippen LogP contribution in [0.2, 0.25) is 0 Å². The summed E-state index contributed by atoms with van der Waals surface area (Å²) in [6.45, 7) is 2.52. The van der Waals surface area contributed by atoms with Gasteiger partial charge in [-0.1, -0.05) is 19.1 Å². The minimum atomic E-state index is -0.438. The van der Waals surface area contributed by atoms with Gasteiger partial charge in [0.1, 0.15) is 11.5 Å². The van der Waals surface area contributed by atoms with Crippen molar-refractivity contribution < 1.29 is 23.8 Å². The van der Waals surface area contributed by atoms with Crippen molar-refractivity contribution in [1.82, 2.24) is 5.32 Å². The van der Waals surface area contributed by atoms with Crippen LogP contribution in [0.4, 0.5) is 0 Å². The lowest BCUT2D eigenvalue weighted by Gasteiger charge is -2.16. The second-order valence-corrected chi connectivity index (χ2v) is 7.97. The second kappa shape index (κ2) is 9.59. The average Bonchev–Trinajstić information content (AvgIpc) is 3.13. The highest BCUT2D eigenvalue weighted by atomic mass is 32.1. The fourth-order valence-electron chi connectivity index (χ4n) is 3.15. The molecule has 1 N–H and O–H groups in total. The number of para-hydroxylation sites is 2. The lowest BCUT2D eigenvalue weighted by atomic mass is 9.90. The van der Waals surface area contributed by atoms with Crippen molar-refractivity contribution in [1.29, 1.82) is 0 Å². The van der Waals surface area contributed by atoms with Gasteiger partial charge >= 0.3 is 5.97 Å². The molecule has 7 heteroatoms. The van der Waals surface area contributed by atoms with E-state index in [4.69, 9.17) is 14.2 Å². The van der Waals surface area contributed by atoms with Crippen LogP contribution in [0.25, 0.3) is 0 Å². The molecular formula is C21H25NO5S. The van der Waals surface area contributed by atoms with E-state index in [1.807, 2.05) is 18.2 Å². The highest BCUT2D eigenvalue weighted by Crippen LogP contribution is 2.32. The zero-order valence-corrected chi connectivity index (χ0v) is 17.0. The molecule has 0 spiro atoms. The maximum Gasteiger partial charge on any atom is 0.348 e. The zero-order valence-electron chi connectivity index (χ0n) is 16.2. The Morgan fingerprint density at radius 3 is 2.82 bits per heavy atom. The number of rotatable bonds is 8. The van der Waals surface area contributed by atoms with Crippen LogP contribution >= 0.6 is 11.3 Å². The van der Waals surface area contributed by atoms with Gasteiger partial charge in [0.2, 0.25) is 0 Å². The highest BCUT2D eigenvalue weighted by molar-refractivity contribution is 7.14. The zero-order chi connectivity index (χ0) is 19.9. The molecule has 1 atom stereocenters. The molecule has 0 unspecified atom stereocenters. The average molecular weight is 404 g/mol. The van der Waals surface area contributed by atoms with Crippen LogP contribution < -0.4 is 14.8 Å². The molecule has 0 bridgehead atoms. The van der Waals surface area contributed by atoms with E-state index in [2.05, 4.69) is 12.2 Å². The molecule has 6 nitrogen and oxygen atoms in total. The molecule has 150 valence electrons. The first-order valence-electron chi connectivity index (χ1n) is 9.38. The monoisotopic (exact) mass is 403 g/mol. The Morgan fingerprint density at radius 2 is 2.04 bits per heavy atom. The molecule has 0 radical (unpaired) electrons. The number of benzene rings is 1. The number of ether oxygens (including phenoxy) is 3. The third kappa shape index (κ3) is 5.25. The van der Waals surface area contributed by atoms with Gasteiger partial charge in [0, 0.05) is 4.88 Å². The van der Waals surface area contributed by atoms with Crippen molar-refractivity contribution in [3.05, 3.63) is 45.6 Å². The van der Waals surface area contributed by atoms with E-state index in [1.54, 1.807) is 19.2 Å². The summed E-state index contributed by atoms with van der Waals surface area (Å²) >= 11 is 1.48. The number of nitrogens with one attached hydrogen (secondary N) is 1. The minimum absolute atomic E-state index is 0.288. The van der Waals surface area contributed by atoms with Crippen molar-refractivity contribution in [3.63, 3.8) is 0 Å². The van der Waals surface area contributed by atoms with Gasteiger partial charge in [-0.15, -0.1) is 11.3 Å². The smallest absolute Gasteiger partial charge is 0.348 e. The van der Waals surface area contributed by atoms with E-state index >= 15 is 0 Å². The van der Waals surface area contributed by atoms with Crippen LogP contribution in [0, 0.1) is 5.92 Å². The van der Waals surface area contributed by atoms with Crippen LogP contribution in [0.1, 0.15) is 33.5 Å². The highest BCUT2D eigenvalue weighted by Gasteiger charge is 2.21. The SMILES string of the molecule is COc1ccccc1OCCNC(=O)COC(=O)c1cc2c(s1)CC[C@@H](C)C2. The number of methoxy groups -OCH3 is 1. The van der Waals surface area contributed by atoms with Gasteiger partial charge in [0.15, 0.2) is 18.1 Å². The van der Waals surface area contributed by atoms with Gasteiger partial charge in [-0.25, -0.2) is 4.79 Å². The van der Waals surface area contributed by atoms with E-state index in [-0.39, 0.29) is 19.1 Å². The lowest BCUT2D eigenvalue weighted by molar-refractivity contribution is -0.124. The van der Waals surface area contributed by atoms with Crippen LogP contribution in [-0.2, 0) is 22.4 Å². The number of carbonyl (C=O) groups excluding carboxylic acids is 2. The third-order valence-corrected chi connectivity index (χ3v) is 5.83. The molecule has 28 heavy (non-hydrogen) atoms. The Balaban J connectivity index is 1.38. The maximum absolute atomic E-state index is 12.2. The molecule has 0 saturated heterocycles. The third-order valence-electron chi connectivity index (χ3n) is 4.62. The van der Waals surface area contributed by atoms with Crippen LogP contribution in [0.5, 0.6) is 11.5 Å². The van der Waals surface area contributed by atoms with Gasteiger partial charge in [0.25, 0.3) is 5.91 Å². The summed E-state index contributed by atoms with van der Waals surface area (Å²) in [6.07, 6.45) is 3.17. The molecule has 0 aliphatic heterocycles. The Bertz CT molecular complexity index is 832. The van der Waals surface area contributed by atoms with Crippen molar-refractivity contribution in [2.24, 2.45) is 5.92 Å². The first-order valence-corrected chi connectivity index (χ1v) is 10.2. The fourth-order valence-corrected chi connectivity index (χ4v) is 4.25. The molecular weight excluding hydrogens is 378 g/mol. The lowest BCUT2D eigenvalue weighted by Crippen LogP contribution is -2.32. The van der Waals surface area contributed by atoms with Crippen LogP contribution in [-0.4, -0.2) is 38.7 Å². The minimum Gasteiger partial charge on any atom is -0.493 e. The molecule has 1 aromatic carbocycles. The summed E-state index contributed by atoms with van der Waals surface area (Å²) in [7, 11) is 1.57. The number of hydrogen-bond acceptors (Lipinski definition) is 6. The normalized spacial score (nSPS) is 15.4. The Morgan fingerprint density at radius 1 is 1.25 bits per heavy atom. The first kappa shape index (κ1) is 20.2. The first-order chi connectivity index (χ1) is 13.6. The predicted molar refractivity (Wildman–Crippen MR) is 107 cm³/mol. The molecule has 1 aromatic heterocycles. The van der Waals surface area contributed by atoms with E-state index in [0.29, 0.717) is 28.8 Å².